The molecule has 2 aliphatic rings. The van der Waals surface area contributed by atoms with Crippen molar-refractivity contribution >= 4 is 71.3 Å². The minimum atomic E-state index is -4.28. The summed E-state index contributed by atoms with van der Waals surface area (Å²) in [7, 11) is -12.6. The van der Waals surface area contributed by atoms with Gasteiger partial charge in [0.2, 0.25) is 5.69 Å². The highest BCUT2D eigenvalue weighted by molar-refractivity contribution is 7.94. The van der Waals surface area contributed by atoms with E-state index in [1.807, 2.05) is 61.5 Å². The number of unbranched alkanes of at least 4 members (excludes halogenated alkanes) is 2. The van der Waals surface area contributed by atoms with Crippen molar-refractivity contribution in [2.45, 2.75) is 64.2 Å². The molecule has 18 nitrogen and oxygen atoms in total. The zero-order valence-electron chi connectivity index (χ0n) is 33.1. The molecule has 0 atom stereocenters. The van der Waals surface area contributed by atoms with Crippen molar-refractivity contribution in [3.8, 4) is 0 Å². The second-order valence-corrected chi connectivity index (χ2v) is 20.6. The fourth-order valence-electron chi connectivity index (χ4n) is 7.21. The third kappa shape index (κ3) is 13.1. The third-order valence-corrected chi connectivity index (χ3v) is 12.9. The Bertz CT molecular complexity index is 2320. The first kappa shape index (κ1) is 48.0. The number of rotatable bonds is 22. The topological polar surface area (TPSA) is 266 Å². The van der Waals surface area contributed by atoms with Crippen molar-refractivity contribution in [3.05, 3.63) is 82.6 Å². The number of hydrogen-bond donors (Lipinski definition) is 6. The van der Waals surface area contributed by atoms with Crippen LogP contribution in [0, 0.1) is 0 Å². The number of allylic oxidation sites excluding steroid dienone is 4. The van der Waals surface area contributed by atoms with Crippen LogP contribution < -0.4 is 15.5 Å². The lowest BCUT2D eigenvalue weighted by molar-refractivity contribution is -0.438. The van der Waals surface area contributed by atoms with Gasteiger partial charge in [-0.1, -0.05) is 25.0 Å². The lowest BCUT2D eigenvalue weighted by atomic mass is 9.80. The van der Waals surface area contributed by atoms with E-state index in [2.05, 4.69) is 20.0 Å². The van der Waals surface area contributed by atoms with E-state index < -0.39 is 64.4 Å². The van der Waals surface area contributed by atoms with E-state index in [0.717, 1.165) is 46.0 Å². The molecule has 2 aromatic carbocycles. The minimum Gasteiger partial charge on any atom is -0.351 e. The maximum atomic E-state index is 13.1. The smallest absolute Gasteiger partial charge is 0.266 e. The van der Waals surface area contributed by atoms with Crippen molar-refractivity contribution in [3.63, 3.8) is 0 Å². The molecule has 6 N–H and O–H groups in total. The molecule has 4 rings (SSSR count). The number of nitrogens with zero attached hydrogens (tertiary/aromatic N) is 2. The fraction of sp³-hybridized carbons (Fsp3) is 0.486. The lowest BCUT2D eigenvalue weighted by Gasteiger charge is -2.27. The molecule has 0 aromatic heterocycles. The van der Waals surface area contributed by atoms with E-state index >= 15 is 0 Å². The van der Waals surface area contributed by atoms with Gasteiger partial charge in [-0.05, 0) is 75.1 Å². The van der Waals surface area contributed by atoms with Crippen LogP contribution in [0.15, 0.2) is 60.3 Å². The zero-order chi connectivity index (χ0) is 43.8. The predicted molar refractivity (Wildman–Crippen MR) is 223 cm³/mol. The number of benzene rings is 2. The normalized spacial score (nSPS) is 16.8. The van der Waals surface area contributed by atoms with E-state index in [4.69, 9.17) is 9.81 Å². The van der Waals surface area contributed by atoms with Gasteiger partial charge >= 0.3 is 0 Å². The summed E-state index contributed by atoms with van der Waals surface area (Å²) in [6.45, 7) is 8.62. The molecule has 2 heterocycles. The van der Waals surface area contributed by atoms with Gasteiger partial charge in [-0.2, -0.15) is 29.8 Å². The Kier molecular flexibility index (Phi) is 16.1. The molecule has 59 heavy (non-hydrogen) atoms. The van der Waals surface area contributed by atoms with Gasteiger partial charge in [-0.3, -0.25) is 23.2 Å². The summed E-state index contributed by atoms with van der Waals surface area (Å²) in [4.78, 5) is 28.1. The van der Waals surface area contributed by atoms with Gasteiger partial charge in [-0.25, -0.2) is 5.26 Å². The molecule has 0 saturated carbocycles. The quantitative estimate of drug-likeness (QED) is 0.0243. The molecule has 2 amide bonds. The average Bonchev–Trinajstić information content (AvgIpc) is 3.47. The Morgan fingerprint density at radius 1 is 0.780 bits per heavy atom. The molecule has 0 aliphatic carbocycles. The first-order valence-electron chi connectivity index (χ1n) is 18.6. The number of hydrogen-bond acceptors (Lipinski definition) is 13. The Balaban J connectivity index is 1.71. The first-order chi connectivity index (χ1) is 27.5. The first-order valence-corrected chi connectivity index (χ1v) is 24.3. The van der Waals surface area contributed by atoms with Crippen molar-refractivity contribution in [1.82, 2.24) is 10.6 Å². The van der Waals surface area contributed by atoms with Crippen molar-refractivity contribution in [2.75, 3.05) is 54.1 Å². The maximum Gasteiger partial charge on any atom is 0.266 e. The monoisotopic (exact) mass is 903 g/mol. The lowest BCUT2D eigenvalue weighted by Crippen LogP contribution is -2.30. The minimum absolute atomic E-state index is 0.186. The number of anilines is 1. The Morgan fingerprint density at radius 3 is 1.97 bits per heavy atom. The van der Waals surface area contributed by atoms with E-state index in [1.165, 1.54) is 0 Å². The molecule has 0 radical (unpaired) electrons. The van der Waals surface area contributed by atoms with Gasteiger partial charge in [0.1, 0.15) is 6.54 Å². The van der Waals surface area contributed by atoms with Crippen molar-refractivity contribution in [2.24, 2.45) is 0 Å². The van der Waals surface area contributed by atoms with Gasteiger partial charge in [-0.15, -0.1) is 4.33 Å². The summed E-state index contributed by atoms with van der Waals surface area (Å²) >= 11 is 0.809. The second kappa shape index (κ2) is 19.8. The van der Waals surface area contributed by atoms with Crippen LogP contribution in [0.4, 0.5) is 11.4 Å². The third-order valence-electron chi connectivity index (χ3n) is 10.1. The Morgan fingerprint density at radius 2 is 1.36 bits per heavy atom. The summed E-state index contributed by atoms with van der Waals surface area (Å²) in [6.07, 6.45) is 6.91. The molecule has 2 aromatic rings. The standard InChI is InChI=1S/C37H50N4O14S4/c1-36(2)28-24-26(34(42)38-16-20-56-55-54-44)12-14-30(28)40(18-5-7-21-57(45,46)47)32(36)10-9-11-33-37(3,4)29-25-27(35(43)39-17-23-59(51,52)53)13-15-31(29)41(33)19-6-8-22-58(48,49)50/h9-15,24-25H,5-8,16-23H2,1-4H3,(H5-,38,39,42,43,44,45,46,47,48,49,50,51,52,53)/p+1. The van der Waals surface area contributed by atoms with E-state index in [-0.39, 0.29) is 37.4 Å². The molecule has 326 valence electrons. The van der Waals surface area contributed by atoms with Crippen molar-refractivity contribution < 1.29 is 67.7 Å². The van der Waals surface area contributed by atoms with Crippen LogP contribution in [0.5, 0.6) is 0 Å². The summed E-state index contributed by atoms with van der Waals surface area (Å²) in [5.74, 6) is -2.03. The number of nitrogens with one attached hydrogen (secondary N) is 2. The Labute approximate surface area is 349 Å². The number of carbonyl (C=O) groups is 2. The Hall–Kier alpha value is -3.71. The van der Waals surface area contributed by atoms with Crippen molar-refractivity contribution in [1.29, 1.82) is 0 Å². The highest BCUT2D eigenvalue weighted by atomic mass is 32.2. The van der Waals surface area contributed by atoms with Crippen LogP contribution >= 0.6 is 12.0 Å². The largest absolute Gasteiger partial charge is 0.351 e. The van der Waals surface area contributed by atoms with Crippen LogP contribution in [0.2, 0.25) is 0 Å². The summed E-state index contributed by atoms with van der Waals surface area (Å²) in [5, 5.41) is 17.2. The van der Waals surface area contributed by atoms with Gasteiger partial charge < -0.3 is 15.5 Å². The predicted octanol–water partition coefficient (Wildman–Crippen LogP) is 4.05. The van der Waals surface area contributed by atoms with Crippen LogP contribution in [-0.4, -0.2) is 115 Å². The number of fused-ring (bicyclic) bond motifs is 2. The van der Waals surface area contributed by atoms with Gasteiger partial charge in [0.15, 0.2) is 5.71 Å². The SMILES string of the molecule is CC1(C)C(/C=C/C=C2/N(CCCCS(=O)(=O)O)c3ccc(C(=O)NCCSOOO)cc3C2(C)C)=[N+](CCCCS(=O)(=O)O)c2ccc(C(=O)NCCS(=O)(=O)O)cc21. The zero-order valence-corrected chi connectivity index (χ0v) is 36.3. The number of amides is 2. The average molecular weight is 904 g/mol. The summed E-state index contributed by atoms with van der Waals surface area (Å²) < 4.78 is 102. The van der Waals surface area contributed by atoms with Crippen LogP contribution in [0.25, 0.3) is 0 Å². The van der Waals surface area contributed by atoms with Crippen LogP contribution in [0.1, 0.15) is 85.2 Å². The second-order valence-electron chi connectivity index (χ2n) is 15.1. The summed E-state index contributed by atoms with van der Waals surface area (Å²) in [5.41, 5.74) is 4.13. The van der Waals surface area contributed by atoms with Gasteiger partial charge in [0.25, 0.3) is 42.2 Å². The molecule has 0 bridgehead atoms. The molecule has 0 unspecified atom stereocenters. The molecular weight excluding hydrogens is 853 g/mol. The molecular formula is C37H51N4O14S4+. The summed E-state index contributed by atoms with van der Waals surface area (Å²) in [6, 6.07) is 10.4. The fourth-order valence-corrected chi connectivity index (χ4v) is 9.01. The maximum absolute atomic E-state index is 13.1. The van der Waals surface area contributed by atoms with E-state index in [9.17, 15) is 43.9 Å². The van der Waals surface area contributed by atoms with Gasteiger partial charge in [0.05, 0.1) is 22.7 Å². The van der Waals surface area contributed by atoms with Crippen LogP contribution in [0.3, 0.4) is 0 Å². The molecule has 0 fully saturated rings. The van der Waals surface area contributed by atoms with E-state index in [1.54, 1.807) is 30.3 Å². The van der Waals surface area contributed by atoms with E-state index in [0.29, 0.717) is 37.2 Å². The molecule has 0 saturated heterocycles. The highest BCUT2D eigenvalue weighted by Gasteiger charge is 2.45. The van der Waals surface area contributed by atoms with Gasteiger partial charge in [0, 0.05) is 89.5 Å². The number of carbonyl (C=O) groups excluding carboxylic acids is 2. The molecule has 22 heteroatoms. The molecule has 0 spiro atoms. The molecule has 2 aliphatic heterocycles. The highest BCUT2D eigenvalue weighted by Crippen LogP contribution is 2.48. The van der Waals surface area contributed by atoms with Crippen LogP contribution in [-0.2, 0) is 50.6 Å².